The molecule has 1 saturated heterocycles. The van der Waals surface area contributed by atoms with Crippen molar-refractivity contribution in [2.75, 3.05) is 13.2 Å². The molecule has 3 aromatic rings. The molecule has 2 aromatic heterocycles. The van der Waals surface area contributed by atoms with Gasteiger partial charge in [0.15, 0.2) is 5.82 Å². The van der Waals surface area contributed by atoms with Crippen LogP contribution in [0.3, 0.4) is 0 Å². The first-order chi connectivity index (χ1) is 17.6. The number of primary amides is 1. The number of benzene rings is 1. The molecule has 5 N–H and O–H groups in total. The van der Waals surface area contributed by atoms with E-state index in [0.717, 1.165) is 5.56 Å². The van der Waals surface area contributed by atoms with Crippen LogP contribution in [0.15, 0.2) is 35.7 Å². The van der Waals surface area contributed by atoms with Crippen molar-refractivity contribution in [1.82, 2.24) is 24.8 Å². The zero-order valence-electron chi connectivity index (χ0n) is 20.8. The molecule has 0 radical (unpaired) electrons. The van der Waals surface area contributed by atoms with E-state index in [1.54, 1.807) is 23.6 Å². The minimum Gasteiger partial charge on any atom is -0.443 e. The van der Waals surface area contributed by atoms with Crippen LogP contribution in [-0.2, 0) is 32.3 Å². The monoisotopic (exact) mass is 529 g/mol. The predicted molar refractivity (Wildman–Crippen MR) is 135 cm³/mol. The minimum atomic E-state index is -1.12. The van der Waals surface area contributed by atoms with Gasteiger partial charge in [0.2, 0.25) is 16.8 Å². The molecule has 12 nitrogen and oxygen atoms in total. The lowest BCUT2D eigenvalue weighted by molar-refractivity contribution is -0.126. The highest BCUT2D eigenvalue weighted by Gasteiger charge is 2.34. The van der Waals surface area contributed by atoms with Gasteiger partial charge in [0, 0.05) is 11.9 Å². The van der Waals surface area contributed by atoms with E-state index in [-0.39, 0.29) is 19.1 Å². The molecule has 0 bridgehead atoms. The lowest BCUT2D eigenvalue weighted by Gasteiger charge is -2.24. The van der Waals surface area contributed by atoms with E-state index in [9.17, 15) is 14.4 Å². The zero-order chi connectivity index (χ0) is 26.6. The van der Waals surface area contributed by atoms with Crippen LogP contribution >= 0.6 is 11.3 Å². The zero-order valence-corrected chi connectivity index (χ0v) is 21.6. The maximum absolute atomic E-state index is 12.8. The highest BCUT2D eigenvalue weighted by molar-refractivity contribution is 7.15. The molecule has 198 valence electrons. The van der Waals surface area contributed by atoms with Crippen LogP contribution in [-0.4, -0.2) is 62.1 Å². The number of hydrogen-bond donors (Lipinski definition) is 3. The van der Waals surface area contributed by atoms with Crippen molar-refractivity contribution in [2.24, 2.45) is 11.5 Å². The summed E-state index contributed by atoms with van der Waals surface area (Å²) < 4.78 is 13.2. The lowest BCUT2D eigenvalue weighted by atomic mass is 10.1. The van der Waals surface area contributed by atoms with E-state index in [1.807, 2.05) is 30.3 Å². The summed E-state index contributed by atoms with van der Waals surface area (Å²) in [4.78, 5) is 39.0. The average molecular weight is 530 g/mol. The van der Waals surface area contributed by atoms with Crippen molar-refractivity contribution in [2.45, 2.75) is 57.5 Å². The highest BCUT2D eigenvalue weighted by Crippen LogP contribution is 2.24. The first-order valence-electron chi connectivity index (χ1n) is 11.9. The average Bonchev–Trinajstić information content (AvgIpc) is 3.59. The molecule has 1 unspecified atom stereocenters. The van der Waals surface area contributed by atoms with Crippen LogP contribution in [0.5, 0.6) is 0 Å². The van der Waals surface area contributed by atoms with E-state index in [4.69, 9.17) is 20.9 Å². The molecule has 1 aromatic carbocycles. The van der Waals surface area contributed by atoms with Crippen LogP contribution < -0.4 is 16.8 Å². The van der Waals surface area contributed by atoms with Gasteiger partial charge in [-0.15, -0.1) is 21.5 Å². The van der Waals surface area contributed by atoms with Gasteiger partial charge in [0.05, 0.1) is 24.4 Å². The number of aromatic nitrogens is 3. The Morgan fingerprint density at radius 2 is 1.97 bits per heavy atom. The molecule has 4 rings (SSSR count). The van der Waals surface area contributed by atoms with E-state index >= 15 is 0 Å². The number of thiazole rings is 1. The fraction of sp³-hybridized carbons (Fsp3) is 0.458. The van der Waals surface area contributed by atoms with E-state index < -0.39 is 29.6 Å². The molecule has 0 spiro atoms. The van der Waals surface area contributed by atoms with E-state index in [2.05, 4.69) is 15.5 Å². The topological polar surface area (TPSA) is 167 Å². The number of carbonyl (C=O) groups is 3. The van der Waals surface area contributed by atoms with Gasteiger partial charge in [0.1, 0.15) is 18.7 Å². The molecule has 2 atom stereocenters. The van der Waals surface area contributed by atoms with Crippen LogP contribution in [0.2, 0.25) is 0 Å². The standard InChI is InChI=1S/C24H31N7O5S/c1-24(2,26)21(33)27-17(13-35-11-15-7-4-3-5-8-15)20-28-29-22-31(20)16(14-37-22)12-36-23(34)30-10-6-9-18(30)19(25)32/h3-5,7-8,14,17-18H,6,9-13,26H2,1-2H3,(H2,25,32)(H,27,33)/t17-,18?/m1/s1. The number of hydrogen-bond acceptors (Lipinski definition) is 9. The number of nitrogens with zero attached hydrogens (tertiary/aromatic N) is 4. The quantitative estimate of drug-likeness (QED) is 0.355. The number of fused-ring (bicyclic) bond motifs is 1. The maximum Gasteiger partial charge on any atom is 0.410 e. The Morgan fingerprint density at radius 1 is 1.22 bits per heavy atom. The van der Waals surface area contributed by atoms with Crippen LogP contribution in [0.25, 0.3) is 4.96 Å². The Labute approximate surface area is 217 Å². The van der Waals surface area contributed by atoms with Gasteiger partial charge >= 0.3 is 6.09 Å². The summed E-state index contributed by atoms with van der Waals surface area (Å²) in [6.07, 6.45) is 0.587. The van der Waals surface area contributed by atoms with Crippen molar-refractivity contribution in [3.05, 3.63) is 52.8 Å². The minimum absolute atomic E-state index is 0.0836. The normalized spacial score (nSPS) is 16.6. The maximum atomic E-state index is 12.8. The third-order valence-corrected chi connectivity index (χ3v) is 6.87. The molecular formula is C24H31N7O5S. The smallest absolute Gasteiger partial charge is 0.410 e. The molecule has 3 heterocycles. The number of nitrogens with two attached hydrogens (primary N) is 2. The van der Waals surface area contributed by atoms with Gasteiger partial charge in [-0.05, 0) is 32.3 Å². The predicted octanol–water partition coefficient (Wildman–Crippen LogP) is 1.49. The van der Waals surface area contributed by atoms with Gasteiger partial charge in [0.25, 0.3) is 0 Å². The summed E-state index contributed by atoms with van der Waals surface area (Å²) >= 11 is 1.32. The summed E-state index contributed by atoms with van der Waals surface area (Å²) in [5.74, 6) is -0.512. The third-order valence-electron chi connectivity index (χ3n) is 6.00. The number of amides is 3. The molecule has 13 heteroatoms. The Kier molecular flexibility index (Phi) is 8.05. The number of carbonyl (C=O) groups excluding carboxylic acids is 3. The van der Waals surface area contributed by atoms with Crippen molar-refractivity contribution in [1.29, 1.82) is 0 Å². The van der Waals surface area contributed by atoms with Crippen molar-refractivity contribution < 1.29 is 23.9 Å². The molecule has 1 aliphatic rings. The summed E-state index contributed by atoms with van der Waals surface area (Å²) in [5.41, 5.74) is 11.9. The number of likely N-dealkylation sites (tertiary alicyclic amines) is 1. The third kappa shape index (κ3) is 6.24. The van der Waals surface area contributed by atoms with Gasteiger partial charge in [-0.1, -0.05) is 30.3 Å². The Balaban J connectivity index is 1.52. The number of rotatable bonds is 10. The largest absolute Gasteiger partial charge is 0.443 e. The lowest BCUT2D eigenvalue weighted by Crippen LogP contribution is -2.51. The second-order valence-electron chi connectivity index (χ2n) is 9.46. The summed E-state index contributed by atoms with van der Waals surface area (Å²) in [7, 11) is 0. The van der Waals surface area contributed by atoms with Gasteiger partial charge in [-0.25, -0.2) is 4.79 Å². The molecule has 1 fully saturated rings. The molecular weight excluding hydrogens is 498 g/mol. The Bertz CT molecular complexity index is 1250. The molecule has 37 heavy (non-hydrogen) atoms. The Hall–Kier alpha value is -3.55. The molecule has 0 aliphatic carbocycles. The molecule has 3 amide bonds. The van der Waals surface area contributed by atoms with Crippen molar-refractivity contribution in [3.63, 3.8) is 0 Å². The Morgan fingerprint density at radius 3 is 2.68 bits per heavy atom. The summed E-state index contributed by atoms with van der Waals surface area (Å²) in [6.45, 7) is 3.99. The fourth-order valence-electron chi connectivity index (χ4n) is 4.02. The molecule has 1 aliphatic heterocycles. The fourth-order valence-corrected chi connectivity index (χ4v) is 4.84. The number of nitrogens with one attached hydrogen (secondary N) is 1. The number of ether oxygens (including phenoxy) is 2. The van der Waals surface area contributed by atoms with Crippen LogP contribution in [0, 0.1) is 0 Å². The van der Waals surface area contributed by atoms with Crippen LogP contribution in [0.4, 0.5) is 4.79 Å². The van der Waals surface area contributed by atoms with E-state index in [1.165, 1.54) is 16.2 Å². The van der Waals surface area contributed by atoms with Crippen molar-refractivity contribution in [3.8, 4) is 0 Å². The second-order valence-corrected chi connectivity index (χ2v) is 10.3. The first kappa shape index (κ1) is 26.5. The van der Waals surface area contributed by atoms with Crippen molar-refractivity contribution >= 4 is 34.2 Å². The molecule has 0 saturated carbocycles. The van der Waals surface area contributed by atoms with Gasteiger partial charge in [-0.3, -0.25) is 18.9 Å². The summed E-state index contributed by atoms with van der Waals surface area (Å²) in [5, 5.41) is 13.2. The summed E-state index contributed by atoms with van der Waals surface area (Å²) in [6, 6.07) is 8.32. The van der Waals surface area contributed by atoms with Gasteiger partial charge < -0.3 is 26.3 Å². The van der Waals surface area contributed by atoms with Crippen LogP contribution in [0.1, 0.15) is 49.8 Å². The highest BCUT2D eigenvalue weighted by atomic mass is 32.1. The first-order valence-corrected chi connectivity index (χ1v) is 12.8. The van der Waals surface area contributed by atoms with E-state index in [0.29, 0.717) is 42.5 Å². The SMILES string of the molecule is CC(C)(N)C(=O)N[C@H](COCc1ccccc1)c1nnc2scc(COC(=O)N3CCCC3C(N)=O)n12. The second kappa shape index (κ2) is 11.2. The van der Waals surface area contributed by atoms with Gasteiger partial charge in [-0.2, -0.15) is 0 Å².